The number of unbranched alkanes of at least 4 members (excludes halogenated alkanes) is 15. The summed E-state index contributed by atoms with van der Waals surface area (Å²) in [5.41, 5.74) is 0. The van der Waals surface area contributed by atoms with Crippen molar-refractivity contribution in [1.82, 2.24) is 0 Å². The van der Waals surface area contributed by atoms with Gasteiger partial charge in [-0.1, -0.05) is 96.8 Å². The summed E-state index contributed by atoms with van der Waals surface area (Å²) in [5, 5.41) is 0. The first-order chi connectivity index (χ1) is 15.7. The maximum absolute atomic E-state index is 12.1. The van der Waals surface area contributed by atoms with Crippen molar-refractivity contribution in [2.75, 3.05) is 32.9 Å². The average Bonchev–Trinajstić information content (AvgIpc) is 2.73. The molecule has 0 atom stereocenters. The van der Waals surface area contributed by atoms with E-state index in [2.05, 4.69) is 21.0 Å². The zero-order valence-corrected chi connectivity index (χ0v) is 23.1. The van der Waals surface area contributed by atoms with Gasteiger partial charge >= 0.3 is 0 Å². The molecule has 0 aliphatic heterocycles. The third-order valence-corrected chi connectivity index (χ3v) is 7.50. The van der Waals surface area contributed by atoms with E-state index in [0.717, 1.165) is 36.7 Å². The third kappa shape index (κ3) is 26.0. The average molecular weight is 491 g/mol. The fourth-order valence-corrected chi connectivity index (χ4v) is 4.96. The van der Waals surface area contributed by atoms with E-state index in [1.165, 1.54) is 89.9 Å². The zero-order chi connectivity index (χ0) is 24.8. The van der Waals surface area contributed by atoms with Crippen LogP contribution in [0.2, 0.25) is 0 Å². The summed E-state index contributed by atoms with van der Waals surface area (Å²) in [6, 6.07) is 0. The summed E-state index contributed by atoms with van der Waals surface area (Å²) < 4.78 is 31.2. The number of carbonyl (C=O) groups excluding carboxylic acids is 1. The molecular weight excluding hydrogens is 434 g/mol. The number of hydrogen-bond acceptors (Lipinski definition) is 3. The second-order valence-electron chi connectivity index (χ2n) is 10.7. The molecule has 198 valence electrons. The maximum Gasteiger partial charge on any atom is 0.265 e. The SMILES string of the molecule is CCCCCCCCCCCCCCCCCC(=O)CCCC[N+](C)(C)CCCS(=O)(=O)O. The molecule has 0 saturated carbocycles. The van der Waals surface area contributed by atoms with Crippen LogP contribution in [0.3, 0.4) is 0 Å². The van der Waals surface area contributed by atoms with Gasteiger partial charge in [0.15, 0.2) is 0 Å². The number of Topliss-reactive ketones (excluding diaryl/α,β-unsaturated/α-hetero) is 1. The van der Waals surface area contributed by atoms with Crippen molar-refractivity contribution in [2.24, 2.45) is 0 Å². The molecule has 33 heavy (non-hydrogen) atoms. The molecule has 5 nitrogen and oxygen atoms in total. The van der Waals surface area contributed by atoms with Gasteiger partial charge in [0, 0.05) is 19.3 Å². The van der Waals surface area contributed by atoms with Crippen molar-refractivity contribution >= 4 is 15.9 Å². The van der Waals surface area contributed by atoms with E-state index >= 15 is 0 Å². The second kappa shape index (κ2) is 20.9. The monoisotopic (exact) mass is 490 g/mol. The zero-order valence-electron chi connectivity index (χ0n) is 22.3. The summed E-state index contributed by atoms with van der Waals surface area (Å²) in [5.74, 6) is 0.216. The molecule has 0 unspecified atom stereocenters. The Morgan fingerprint density at radius 1 is 0.606 bits per heavy atom. The molecule has 0 saturated heterocycles. The second-order valence-corrected chi connectivity index (χ2v) is 12.3. The van der Waals surface area contributed by atoms with Crippen LogP contribution >= 0.6 is 0 Å². The highest BCUT2D eigenvalue weighted by molar-refractivity contribution is 7.85. The minimum atomic E-state index is -3.86. The molecule has 0 spiro atoms. The first-order valence-electron chi connectivity index (χ1n) is 13.9. The van der Waals surface area contributed by atoms with Gasteiger partial charge in [-0.05, 0) is 19.3 Å². The number of quaternary nitrogens is 1. The minimum Gasteiger partial charge on any atom is -0.328 e. The first-order valence-corrected chi connectivity index (χ1v) is 15.6. The van der Waals surface area contributed by atoms with Gasteiger partial charge < -0.3 is 4.48 Å². The number of ketones is 1. The Hall–Kier alpha value is -0.460. The molecular formula is C27H56NO4S+. The highest BCUT2D eigenvalue weighted by Crippen LogP contribution is 2.14. The largest absolute Gasteiger partial charge is 0.328 e. The lowest BCUT2D eigenvalue weighted by Crippen LogP contribution is -2.41. The van der Waals surface area contributed by atoms with Gasteiger partial charge in [-0.25, -0.2) is 0 Å². The summed E-state index contributed by atoms with van der Waals surface area (Å²) in [6.45, 7) is 3.92. The minimum absolute atomic E-state index is 0.174. The van der Waals surface area contributed by atoms with E-state index in [0.29, 0.717) is 25.2 Å². The van der Waals surface area contributed by atoms with Gasteiger partial charge in [-0.2, -0.15) is 8.42 Å². The Labute approximate surface area is 206 Å². The van der Waals surface area contributed by atoms with Crippen LogP contribution in [0.4, 0.5) is 0 Å². The van der Waals surface area contributed by atoms with Gasteiger partial charge in [0.1, 0.15) is 5.78 Å². The molecule has 0 aliphatic carbocycles. The normalized spacial score (nSPS) is 12.4. The van der Waals surface area contributed by atoms with Crippen LogP contribution in [-0.4, -0.2) is 56.2 Å². The summed E-state index contributed by atoms with van der Waals surface area (Å²) in [6.07, 6.45) is 23.9. The maximum atomic E-state index is 12.1. The molecule has 0 fully saturated rings. The van der Waals surface area contributed by atoms with Crippen molar-refractivity contribution in [2.45, 2.75) is 135 Å². The van der Waals surface area contributed by atoms with Crippen molar-refractivity contribution in [3.63, 3.8) is 0 Å². The Morgan fingerprint density at radius 3 is 1.39 bits per heavy atom. The molecule has 0 heterocycles. The Balaban J connectivity index is 3.41. The Morgan fingerprint density at radius 2 is 0.970 bits per heavy atom. The van der Waals surface area contributed by atoms with Gasteiger partial charge in [0.25, 0.3) is 10.1 Å². The van der Waals surface area contributed by atoms with Crippen molar-refractivity contribution in [3.8, 4) is 0 Å². The summed E-state index contributed by atoms with van der Waals surface area (Å²) in [7, 11) is 0.278. The standard InChI is InChI=1S/C27H55NO4S/c1-4-5-6-7-8-9-10-11-12-13-14-15-16-17-18-22-27(29)23-19-20-24-28(2,3)25-21-26-33(30,31)32/h4-26H2,1-3H3/p+1. The Bertz CT molecular complexity index is 560. The molecule has 0 aromatic carbocycles. The van der Waals surface area contributed by atoms with Crippen molar-refractivity contribution < 1.29 is 22.2 Å². The molecule has 1 N–H and O–H groups in total. The van der Waals surface area contributed by atoms with Crippen molar-refractivity contribution in [3.05, 3.63) is 0 Å². The number of nitrogens with zero attached hydrogens (tertiary/aromatic N) is 1. The van der Waals surface area contributed by atoms with E-state index < -0.39 is 10.1 Å². The molecule has 6 heteroatoms. The number of carbonyl (C=O) groups is 1. The van der Waals surface area contributed by atoms with E-state index in [4.69, 9.17) is 4.55 Å². The van der Waals surface area contributed by atoms with Crippen LogP contribution in [0.15, 0.2) is 0 Å². The van der Waals surface area contributed by atoms with Crippen LogP contribution in [-0.2, 0) is 14.9 Å². The highest BCUT2D eigenvalue weighted by Gasteiger charge is 2.16. The van der Waals surface area contributed by atoms with Gasteiger partial charge in [-0.3, -0.25) is 9.35 Å². The summed E-state index contributed by atoms with van der Waals surface area (Å²) in [4.78, 5) is 12.1. The molecule has 0 amide bonds. The lowest BCUT2D eigenvalue weighted by molar-refractivity contribution is -0.890. The number of hydrogen-bond donors (Lipinski definition) is 1. The molecule has 0 aromatic rings. The topological polar surface area (TPSA) is 71.4 Å². The molecule has 0 aromatic heterocycles. The highest BCUT2D eigenvalue weighted by atomic mass is 32.2. The van der Waals surface area contributed by atoms with Gasteiger partial charge in [-0.15, -0.1) is 0 Å². The lowest BCUT2D eigenvalue weighted by atomic mass is 10.0. The molecule has 0 bridgehead atoms. The summed E-state index contributed by atoms with van der Waals surface area (Å²) >= 11 is 0. The molecule has 0 radical (unpaired) electrons. The number of rotatable bonds is 25. The predicted octanol–water partition coefficient (Wildman–Crippen LogP) is 7.34. The van der Waals surface area contributed by atoms with Crippen molar-refractivity contribution in [1.29, 1.82) is 0 Å². The molecule has 0 rings (SSSR count). The van der Waals surface area contributed by atoms with Gasteiger partial charge in [0.2, 0.25) is 0 Å². The third-order valence-electron chi connectivity index (χ3n) is 6.69. The predicted molar refractivity (Wildman–Crippen MR) is 141 cm³/mol. The van der Waals surface area contributed by atoms with Gasteiger partial charge in [0.05, 0.1) is 32.9 Å². The quantitative estimate of drug-likeness (QED) is 0.0825. The molecule has 0 aliphatic rings. The van der Waals surface area contributed by atoms with Crippen LogP contribution < -0.4 is 0 Å². The van der Waals surface area contributed by atoms with Crippen LogP contribution in [0.5, 0.6) is 0 Å². The first kappa shape index (κ1) is 32.5. The van der Waals surface area contributed by atoms with E-state index in [-0.39, 0.29) is 5.75 Å². The van der Waals surface area contributed by atoms with E-state index in [1.807, 2.05) is 0 Å². The fourth-order valence-electron chi connectivity index (χ4n) is 4.47. The lowest BCUT2D eigenvalue weighted by Gasteiger charge is -2.29. The van der Waals surface area contributed by atoms with Crippen LogP contribution in [0.25, 0.3) is 0 Å². The van der Waals surface area contributed by atoms with E-state index in [9.17, 15) is 13.2 Å². The van der Waals surface area contributed by atoms with Crippen LogP contribution in [0.1, 0.15) is 135 Å². The smallest absolute Gasteiger partial charge is 0.265 e. The fraction of sp³-hybridized carbons (Fsp3) is 0.963. The van der Waals surface area contributed by atoms with Crippen LogP contribution in [0, 0.1) is 0 Å². The Kier molecular flexibility index (Phi) is 20.6. The van der Waals surface area contributed by atoms with E-state index in [1.54, 1.807) is 0 Å².